The first kappa shape index (κ1) is 22.6. The number of carbonyl (C=O) groups excluding carboxylic acids is 3. The highest BCUT2D eigenvalue weighted by Gasteiger charge is 2.33. The van der Waals surface area contributed by atoms with Crippen LogP contribution in [-0.4, -0.2) is 62.5 Å². The highest BCUT2D eigenvalue weighted by Crippen LogP contribution is 2.25. The van der Waals surface area contributed by atoms with Crippen molar-refractivity contribution in [3.05, 3.63) is 64.7 Å². The van der Waals surface area contributed by atoms with Crippen molar-refractivity contribution in [3.63, 3.8) is 0 Å². The smallest absolute Gasteiger partial charge is 0.289 e. The van der Waals surface area contributed by atoms with Crippen molar-refractivity contribution in [1.29, 1.82) is 0 Å². The first-order chi connectivity index (χ1) is 15.7. The third-order valence-corrected chi connectivity index (χ3v) is 6.23. The predicted molar refractivity (Wildman–Crippen MR) is 121 cm³/mol. The van der Waals surface area contributed by atoms with Crippen LogP contribution in [0.15, 0.2) is 36.5 Å². The number of aromatic amines is 1. The molecule has 1 aliphatic rings. The molecule has 0 aliphatic carbocycles. The van der Waals surface area contributed by atoms with Crippen LogP contribution in [0, 0.1) is 12.7 Å². The molecule has 2 aromatic heterocycles. The van der Waals surface area contributed by atoms with Gasteiger partial charge in [0.15, 0.2) is 0 Å². The van der Waals surface area contributed by atoms with Crippen molar-refractivity contribution in [2.45, 2.75) is 39.4 Å². The molecule has 0 unspecified atom stereocenters. The van der Waals surface area contributed by atoms with Crippen LogP contribution in [-0.2, 0) is 11.3 Å². The van der Waals surface area contributed by atoms with E-state index in [0.29, 0.717) is 41.9 Å². The maximum absolute atomic E-state index is 13.5. The number of nitrogens with two attached hydrogens (primary N) is 1. The molecule has 3 N–H and O–H groups in total. The molecule has 1 fully saturated rings. The Bertz CT molecular complexity index is 1240. The van der Waals surface area contributed by atoms with Gasteiger partial charge in [-0.3, -0.25) is 19.3 Å². The van der Waals surface area contributed by atoms with Crippen LogP contribution < -0.4 is 5.73 Å². The van der Waals surface area contributed by atoms with Crippen LogP contribution in [0.5, 0.6) is 0 Å². The summed E-state index contributed by atoms with van der Waals surface area (Å²) in [5, 5.41) is 0.392. The molecule has 33 heavy (non-hydrogen) atoms. The van der Waals surface area contributed by atoms with Gasteiger partial charge in [-0.15, -0.1) is 0 Å². The summed E-state index contributed by atoms with van der Waals surface area (Å²) in [6.45, 7) is 7.62. The van der Waals surface area contributed by atoms with Gasteiger partial charge in [0.1, 0.15) is 11.5 Å². The molecular weight excluding hydrogens is 425 g/mol. The zero-order valence-corrected chi connectivity index (χ0v) is 18.8. The number of aryl methyl sites for hydroxylation is 1. The number of fused-ring (bicyclic) bond motifs is 1. The van der Waals surface area contributed by atoms with E-state index < -0.39 is 11.7 Å². The second-order valence-corrected chi connectivity index (χ2v) is 8.62. The lowest BCUT2D eigenvalue weighted by molar-refractivity contribution is -0.114. The quantitative estimate of drug-likeness (QED) is 0.457. The minimum Gasteiger partial charge on any atom is -0.363 e. The third kappa shape index (κ3) is 4.36. The van der Waals surface area contributed by atoms with E-state index in [4.69, 9.17) is 5.73 Å². The number of hydrogen-bond donors (Lipinski definition) is 2. The number of primary amides is 1. The van der Waals surface area contributed by atoms with Crippen LogP contribution >= 0.6 is 0 Å². The summed E-state index contributed by atoms with van der Waals surface area (Å²) >= 11 is 0. The molecule has 3 aromatic rings. The number of H-pyrrole nitrogens is 1. The van der Waals surface area contributed by atoms with Crippen LogP contribution in [0.3, 0.4) is 0 Å². The summed E-state index contributed by atoms with van der Waals surface area (Å²) < 4.78 is 13.2. The number of hydrogen-bond acceptors (Lipinski definition) is 5. The Kier molecular flexibility index (Phi) is 5.99. The number of halogens is 1. The van der Waals surface area contributed by atoms with Crippen molar-refractivity contribution in [2.75, 3.05) is 13.1 Å². The lowest BCUT2D eigenvalue weighted by Crippen LogP contribution is -2.57. The number of carbonyl (C=O) groups is 3. The van der Waals surface area contributed by atoms with Gasteiger partial charge in [-0.1, -0.05) is 12.1 Å². The summed E-state index contributed by atoms with van der Waals surface area (Å²) in [6, 6.07) is 8.08. The largest absolute Gasteiger partial charge is 0.363 e. The lowest BCUT2D eigenvalue weighted by atomic mass is 10.0. The SMILES string of the molecule is Cc1nc2[nH]cc(C(=O)C(N)=O)c2cc1C(=O)N1C[C@H](C)N(Cc2ccc(F)cc2)C[C@H]1C. The number of nitrogens with zero attached hydrogens (tertiary/aromatic N) is 3. The maximum atomic E-state index is 13.5. The molecule has 9 heteroatoms. The number of Topliss-reactive ketones (excluding diaryl/α,β-unsaturated/α-hetero) is 1. The van der Waals surface area contributed by atoms with Crippen molar-refractivity contribution >= 4 is 28.6 Å². The van der Waals surface area contributed by atoms with Gasteiger partial charge in [0.05, 0.1) is 16.8 Å². The number of nitrogens with one attached hydrogen (secondary N) is 1. The first-order valence-corrected chi connectivity index (χ1v) is 10.8. The molecule has 2 amide bonds. The Morgan fingerprint density at radius 1 is 1.12 bits per heavy atom. The summed E-state index contributed by atoms with van der Waals surface area (Å²) in [6.07, 6.45) is 1.39. The standard InChI is InChI=1S/C24H26FN5O3/c1-13-11-30(14(2)10-29(13)12-16-4-6-17(25)7-5-16)24(33)18-8-19-20(21(31)22(26)32)9-27-23(19)28-15(18)3/h4-9,13-14H,10-12H2,1-3H3,(H2,26,32)(H,27,28)/t13-,14+/m0/s1. The van der Waals surface area contributed by atoms with Gasteiger partial charge in [-0.05, 0) is 44.5 Å². The fraction of sp³-hybridized carbons (Fsp3) is 0.333. The van der Waals surface area contributed by atoms with E-state index >= 15 is 0 Å². The van der Waals surface area contributed by atoms with Crippen molar-refractivity contribution in [2.24, 2.45) is 5.73 Å². The van der Waals surface area contributed by atoms with E-state index in [1.807, 2.05) is 11.8 Å². The van der Waals surface area contributed by atoms with Crippen molar-refractivity contribution < 1.29 is 18.8 Å². The Balaban J connectivity index is 1.57. The molecule has 0 spiro atoms. The normalized spacial score (nSPS) is 19.1. The molecule has 1 aliphatic heterocycles. The molecule has 3 heterocycles. The van der Waals surface area contributed by atoms with E-state index in [1.54, 1.807) is 25.1 Å². The van der Waals surface area contributed by atoms with Crippen LogP contribution in [0.1, 0.15) is 45.8 Å². The highest BCUT2D eigenvalue weighted by atomic mass is 19.1. The Hall–Kier alpha value is -3.59. The molecular formula is C24H26FN5O3. The molecule has 0 bridgehead atoms. The van der Waals surface area contributed by atoms with Gasteiger partial charge in [0.2, 0.25) is 0 Å². The average molecular weight is 452 g/mol. The molecule has 1 saturated heterocycles. The van der Waals surface area contributed by atoms with Gasteiger partial charge >= 0.3 is 0 Å². The second-order valence-electron chi connectivity index (χ2n) is 8.62. The fourth-order valence-corrected chi connectivity index (χ4v) is 4.36. The first-order valence-electron chi connectivity index (χ1n) is 10.8. The van der Waals surface area contributed by atoms with E-state index in [-0.39, 0.29) is 29.4 Å². The second kappa shape index (κ2) is 8.74. The zero-order chi connectivity index (χ0) is 23.9. The van der Waals surface area contributed by atoms with E-state index in [2.05, 4.69) is 21.8 Å². The van der Waals surface area contributed by atoms with Gasteiger partial charge in [-0.25, -0.2) is 9.37 Å². The number of benzene rings is 1. The Labute approximate surface area is 190 Å². The van der Waals surface area contributed by atoms with Crippen LogP contribution in [0.25, 0.3) is 11.0 Å². The summed E-state index contributed by atoms with van der Waals surface area (Å²) in [5.41, 5.74) is 7.59. The zero-order valence-electron chi connectivity index (χ0n) is 18.8. The summed E-state index contributed by atoms with van der Waals surface area (Å²) in [4.78, 5) is 48.4. The topological polar surface area (TPSA) is 112 Å². The van der Waals surface area contributed by atoms with Crippen molar-refractivity contribution in [1.82, 2.24) is 19.8 Å². The number of ketones is 1. The molecule has 8 nitrogen and oxygen atoms in total. The molecule has 1 aromatic carbocycles. The number of rotatable bonds is 5. The number of aromatic nitrogens is 2. The molecule has 0 saturated carbocycles. The van der Waals surface area contributed by atoms with Gasteiger partial charge in [-0.2, -0.15) is 0 Å². The molecule has 172 valence electrons. The maximum Gasteiger partial charge on any atom is 0.289 e. The van der Waals surface area contributed by atoms with Gasteiger partial charge in [0, 0.05) is 43.3 Å². The van der Waals surface area contributed by atoms with E-state index in [0.717, 1.165) is 5.56 Å². The predicted octanol–water partition coefficient (Wildman–Crippen LogP) is 2.41. The highest BCUT2D eigenvalue weighted by molar-refractivity contribution is 6.44. The molecule has 2 atom stereocenters. The van der Waals surface area contributed by atoms with Gasteiger partial charge in [0.25, 0.3) is 17.6 Å². The Morgan fingerprint density at radius 2 is 1.82 bits per heavy atom. The molecule has 0 radical (unpaired) electrons. The van der Waals surface area contributed by atoms with Gasteiger partial charge < -0.3 is 15.6 Å². The lowest BCUT2D eigenvalue weighted by Gasteiger charge is -2.44. The van der Waals surface area contributed by atoms with Crippen molar-refractivity contribution in [3.8, 4) is 0 Å². The summed E-state index contributed by atoms with van der Waals surface area (Å²) in [5.74, 6) is -2.34. The summed E-state index contributed by atoms with van der Waals surface area (Å²) in [7, 11) is 0. The average Bonchev–Trinajstić information content (AvgIpc) is 3.18. The fourth-order valence-electron chi connectivity index (χ4n) is 4.36. The van der Waals surface area contributed by atoms with E-state index in [9.17, 15) is 18.8 Å². The number of piperazine rings is 1. The minimum atomic E-state index is -1.07. The van der Waals surface area contributed by atoms with E-state index in [1.165, 1.54) is 18.3 Å². The third-order valence-electron chi connectivity index (χ3n) is 6.23. The minimum absolute atomic E-state index is 0.0674. The monoisotopic (exact) mass is 451 g/mol. The Morgan fingerprint density at radius 3 is 2.48 bits per heavy atom. The molecule has 4 rings (SSSR count). The number of amides is 2. The van der Waals surface area contributed by atoms with Crippen LogP contribution in [0.2, 0.25) is 0 Å². The van der Waals surface area contributed by atoms with Crippen LogP contribution in [0.4, 0.5) is 4.39 Å². The number of pyridine rings is 1.